The summed E-state index contributed by atoms with van der Waals surface area (Å²) in [6.07, 6.45) is -0.497. The van der Waals surface area contributed by atoms with Gasteiger partial charge in [-0.25, -0.2) is 14.0 Å². The van der Waals surface area contributed by atoms with E-state index >= 15 is 0 Å². The molecule has 1 heterocycles. The van der Waals surface area contributed by atoms with E-state index in [9.17, 15) is 24.2 Å². The van der Waals surface area contributed by atoms with Gasteiger partial charge in [-0.3, -0.25) is 0 Å². The van der Waals surface area contributed by atoms with Crippen molar-refractivity contribution in [1.82, 2.24) is 9.47 Å². The summed E-state index contributed by atoms with van der Waals surface area (Å²) in [5.41, 5.74) is 2.71. The number of hydrogen-bond acceptors (Lipinski definition) is 4. The first-order valence-electron chi connectivity index (χ1n) is 11.3. The Bertz CT molecular complexity index is 1440. The van der Waals surface area contributed by atoms with Crippen molar-refractivity contribution in [1.29, 1.82) is 0 Å². The minimum Gasteiger partial charge on any atom is -0.507 e. The third-order valence-corrected chi connectivity index (χ3v) is 6.04. The number of fused-ring (bicyclic) bond motifs is 1. The lowest BCUT2D eigenvalue weighted by Crippen LogP contribution is -2.32. The molecule has 0 bridgehead atoms. The highest BCUT2D eigenvalue weighted by atomic mass is 19.1. The van der Waals surface area contributed by atoms with Crippen LogP contribution in [0.1, 0.15) is 29.9 Å². The summed E-state index contributed by atoms with van der Waals surface area (Å²) in [6, 6.07) is 17.5. The number of nitrogens with zero attached hydrogens (tertiary/aromatic N) is 2. The van der Waals surface area contributed by atoms with Crippen molar-refractivity contribution >= 4 is 23.0 Å². The Morgan fingerprint density at radius 1 is 1.00 bits per heavy atom. The van der Waals surface area contributed by atoms with Crippen LogP contribution in [0.15, 0.2) is 66.7 Å². The van der Waals surface area contributed by atoms with Crippen LogP contribution < -0.4 is 0 Å². The predicted molar refractivity (Wildman–Crippen MR) is 135 cm³/mol. The van der Waals surface area contributed by atoms with Crippen molar-refractivity contribution in [2.45, 2.75) is 19.3 Å². The third kappa shape index (κ3) is 4.49. The summed E-state index contributed by atoms with van der Waals surface area (Å²) in [5, 5.41) is 20.9. The normalized spacial score (nSPS) is 11.5. The van der Waals surface area contributed by atoms with Crippen LogP contribution in [0.5, 0.6) is 5.75 Å². The molecule has 0 saturated heterocycles. The van der Waals surface area contributed by atoms with Crippen molar-refractivity contribution in [2.75, 3.05) is 20.7 Å². The first-order valence-corrected chi connectivity index (χ1v) is 11.3. The average molecular weight is 491 g/mol. The number of phenolic OH excluding ortho intramolecular Hbond substituents is 1. The minimum atomic E-state index is -1.05. The van der Waals surface area contributed by atoms with Crippen molar-refractivity contribution < 1.29 is 28.9 Å². The molecule has 0 saturated carbocycles. The molecular weight excluding hydrogens is 463 g/mol. The Morgan fingerprint density at radius 2 is 1.64 bits per heavy atom. The number of aromatic hydroxyl groups is 1. The predicted octanol–water partition coefficient (Wildman–Crippen LogP) is 5.82. The van der Waals surface area contributed by atoms with E-state index < -0.39 is 17.5 Å². The van der Waals surface area contributed by atoms with E-state index in [0.717, 1.165) is 0 Å². The molecule has 1 aromatic heterocycles. The van der Waals surface area contributed by atoms with Gasteiger partial charge in [0, 0.05) is 41.8 Å². The summed E-state index contributed by atoms with van der Waals surface area (Å²) < 4.78 is 21.3. The zero-order valence-corrected chi connectivity index (χ0v) is 20.4. The first-order chi connectivity index (χ1) is 17.0. The number of hydrogen-bond donors (Lipinski definition) is 2. The molecule has 36 heavy (non-hydrogen) atoms. The van der Waals surface area contributed by atoms with Gasteiger partial charge in [0.25, 0.3) is 0 Å². The van der Waals surface area contributed by atoms with E-state index in [0.29, 0.717) is 33.4 Å². The molecule has 0 spiro atoms. The highest BCUT2D eigenvalue weighted by Crippen LogP contribution is 2.46. The summed E-state index contributed by atoms with van der Waals surface area (Å²) in [5.74, 6) is -1.40. The number of benzene rings is 3. The molecule has 4 rings (SSSR count). The van der Waals surface area contributed by atoms with Gasteiger partial charge in [-0.15, -0.1) is 0 Å². The van der Waals surface area contributed by atoms with Crippen LogP contribution in [-0.2, 0) is 10.2 Å². The lowest BCUT2D eigenvalue weighted by molar-refractivity contribution is 0.0696. The number of carbonyl (C=O) groups is 2. The Balaban J connectivity index is 2.06. The first kappa shape index (κ1) is 24.8. The monoisotopic (exact) mass is 490 g/mol. The number of carboxylic acids is 1. The number of carbonyl (C=O) groups excluding carboxylic acids is 1. The van der Waals surface area contributed by atoms with Gasteiger partial charge in [0.2, 0.25) is 0 Å². The van der Waals surface area contributed by atoms with E-state index in [1.165, 1.54) is 29.2 Å². The zero-order valence-electron chi connectivity index (χ0n) is 20.4. The zero-order chi connectivity index (χ0) is 26.2. The van der Waals surface area contributed by atoms with E-state index in [2.05, 4.69) is 0 Å². The quantitative estimate of drug-likeness (QED) is 0.356. The van der Waals surface area contributed by atoms with Gasteiger partial charge < -0.3 is 24.4 Å². The molecule has 0 aliphatic carbocycles. The number of ether oxygens (including phenoxy) is 1. The van der Waals surface area contributed by atoms with E-state index in [1.54, 1.807) is 50.5 Å². The van der Waals surface area contributed by atoms with Crippen LogP contribution in [0.25, 0.3) is 27.7 Å². The average Bonchev–Trinajstić information content (AvgIpc) is 3.20. The second-order valence-corrected chi connectivity index (χ2v) is 9.42. The standard InChI is InChI=1S/C28H27FN2O5/c1-28(2,16-36-27(35)30(3)4)25-23(17-8-10-18(11-9-17)26(33)34)24-21(6-5-7-22(24)32)31(25)20-14-12-19(29)13-15-20/h5-15,32H,16H2,1-4H3,(H,33,34). The summed E-state index contributed by atoms with van der Waals surface area (Å²) in [4.78, 5) is 25.0. The molecule has 0 radical (unpaired) electrons. The molecule has 0 unspecified atom stereocenters. The number of phenols is 1. The Hall–Kier alpha value is -4.33. The SMILES string of the molecule is CN(C)C(=O)OCC(C)(C)c1c(-c2ccc(C(=O)O)cc2)c2c(O)cccc2n1-c1ccc(F)cc1. The Labute approximate surface area is 208 Å². The Kier molecular flexibility index (Phi) is 6.45. The van der Waals surface area contributed by atoms with Gasteiger partial charge in [-0.1, -0.05) is 32.0 Å². The van der Waals surface area contributed by atoms with Crippen molar-refractivity contribution in [3.8, 4) is 22.6 Å². The summed E-state index contributed by atoms with van der Waals surface area (Å²) >= 11 is 0. The molecule has 0 fully saturated rings. The number of carboxylic acid groups (broad SMARTS) is 1. The number of rotatable bonds is 6. The van der Waals surface area contributed by atoms with Gasteiger partial charge in [-0.2, -0.15) is 0 Å². The number of aromatic nitrogens is 1. The molecule has 3 aromatic carbocycles. The van der Waals surface area contributed by atoms with Gasteiger partial charge in [0.05, 0.1) is 11.1 Å². The maximum absolute atomic E-state index is 13.8. The molecule has 1 amide bonds. The summed E-state index contributed by atoms with van der Waals surface area (Å²) in [7, 11) is 3.19. The van der Waals surface area contributed by atoms with Crippen molar-refractivity contribution in [3.63, 3.8) is 0 Å². The number of amides is 1. The highest BCUT2D eigenvalue weighted by molar-refractivity contribution is 6.04. The minimum absolute atomic E-state index is 0.0164. The molecule has 0 aliphatic rings. The fourth-order valence-corrected chi connectivity index (χ4v) is 4.32. The molecule has 2 N–H and O–H groups in total. The van der Waals surface area contributed by atoms with Gasteiger partial charge in [0.1, 0.15) is 18.2 Å². The van der Waals surface area contributed by atoms with Gasteiger partial charge >= 0.3 is 12.1 Å². The molecular formula is C28H27FN2O5. The maximum Gasteiger partial charge on any atom is 0.409 e. The van der Waals surface area contributed by atoms with Crippen LogP contribution in [0, 0.1) is 5.82 Å². The van der Waals surface area contributed by atoms with E-state index in [1.807, 2.05) is 24.5 Å². The summed E-state index contributed by atoms with van der Waals surface area (Å²) in [6.45, 7) is 3.84. The lowest BCUT2D eigenvalue weighted by Gasteiger charge is -2.29. The fraction of sp³-hybridized carbons (Fsp3) is 0.214. The van der Waals surface area contributed by atoms with Crippen LogP contribution in [-0.4, -0.2) is 52.4 Å². The molecule has 0 aliphatic heterocycles. The highest BCUT2D eigenvalue weighted by Gasteiger charge is 2.34. The lowest BCUT2D eigenvalue weighted by atomic mass is 9.84. The van der Waals surface area contributed by atoms with Gasteiger partial charge in [-0.05, 0) is 54.1 Å². The van der Waals surface area contributed by atoms with E-state index in [4.69, 9.17) is 4.74 Å². The van der Waals surface area contributed by atoms with Crippen LogP contribution >= 0.6 is 0 Å². The second kappa shape index (κ2) is 9.37. The van der Waals surface area contributed by atoms with Gasteiger partial charge in [0.15, 0.2) is 0 Å². The topological polar surface area (TPSA) is 92.0 Å². The van der Waals surface area contributed by atoms with E-state index in [-0.39, 0.29) is 23.7 Å². The fourth-order valence-electron chi connectivity index (χ4n) is 4.32. The molecule has 0 atom stereocenters. The third-order valence-electron chi connectivity index (χ3n) is 6.04. The largest absolute Gasteiger partial charge is 0.507 e. The number of aromatic carboxylic acids is 1. The second-order valence-electron chi connectivity index (χ2n) is 9.42. The Morgan fingerprint density at radius 3 is 2.22 bits per heavy atom. The maximum atomic E-state index is 13.8. The van der Waals surface area contributed by atoms with Crippen LogP contribution in [0.3, 0.4) is 0 Å². The molecule has 8 heteroatoms. The molecule has 186 valence electrons. The van der Waals surface area contributed by atoms with Crippen LogP contribution in [0.4, 0.5) is 9.18 Å². The van der Waals surface area contributed by atoms with Crippen molar-refractivity contribution in [2.24, 2.45) is 0 Å². The molecule has 4 aromatic rings. The number of halogens is 1. The van der Waals surface area contributed by atoms with Crippen molar-refractivity contribution in [3.05, 3.63) is 83.8 Å². The molecule has 7 nitrogen and oxygen atoms in total. The smallest absolute Gasteiger partial charge is 0.409 e. The van der Waals surface area contributed by atoms with Crippen LogP contribution in [0.2, 0.25) is 0 Å².